The van der Waals surface area contributed by atoms with Crippen LogP contribution in [0.2, 0.25) is 0 Å². The first-order valence-electron chi connectivity index (χ1n) is 7.51. The first-order chi connectivity index (χ1) is 9.64. The van der Waals surface area contributed by atoms with Crippen LogP contribution in [0.25, 0.3) is 0 Å². The Labute approximate surface area is 120 Å². The topological polar surface area (TPSA) is 45.2 Å². The van der Waals surface area contributed by atoms with Gasteiger partial charge in [-0.2, -0.15) is 0 Å². The first-order valence-corrected chi connectivity index (χ1v) is 7.51. The van der Waals surface area contributed by atoms with Gasteiger partial charge in [0.25, 0.3) is 0 Å². The monoisotopic (exact) mass is 273 g/mol. The van der Waals surface area contributed by atoms with Crippen LogP contribution >= 0.6 is 0 Å². The summed E-state index contributed by atoms with van der Waals surface area (Å²) in [6.45, 7) is 4.21. The zero-order chi connectivity index (χ0) is 14.2. The van der Waals surface area contributed by atoms with Gasteiger partial charge in [0, 0.05) is 25.4 Å². The van der Waals surface area contributed by atoms with Gasteiger partial charge in [0.1, 0.15) is 0 Å². The maximum atomic E-state index is 12.7. The van der Waals surface area contributed by atoms with Crippen molar-refractivity contribution in [2.45, 2.75) is 32.2 Å². The van der Waals surface area contributed by atoms with Crippen molar-refractivity contribution in [1.82, 2.24) is 15.2 Å². The van der Waals surface area contributed by atoms with Gasteiger partial charge in [0.2, 0.25) is 5.91 Å². The SMILES string of the molecule is CC(c1ccncc1)N(C)C(=O)C1CC12CCNCC2. The minimum Gasteiger partial charge on any atom is -0.339 e. The molecule has 2 atom stereocenters. The van der Waals surface area contributed by atoms with Crippen LogP contribution in [0.3, 0.4) is 0 Å². The van der Waals surface area contributed by atoms with Crippen LogP contribution in [0, 0.1) is 11.3 Å². The van der Waals surface area contributed by atoms with E-state index in [1.807, 2.05) is 24.1 Å². The van der Waals surface area contributed by atoms with E-state index in [4.69, 9.17) is 0 Å². The van der Waals surface area contributed by atoms with E-state index in [2.05, 4.69) is 17.2 Å². The molecule has 20 heavy (non-hydrogen) atoms. The summed E-state index contributed by atoms with van der Waals surface area (Å²) in [5.74, 6) is 0.565. The van der Waals surface area contributed by atoms with E-state index in [1.165, 1.54) is 0 Å². The van der Waals surface area contributed by atoms with Crippen LogP contribution in [0.1, 0.15) is 37.8 Å². The smallest absolute Gasteiger partial charge is 0.226 e. The van der Waals surface area contributed by atoms with Gasteiger partial charge in [-0.05, 0) is 62.4 Å². The maximum Gasteiger partial charge on any atom is 0.226 e. The highest BCUT2D eigenvalue weighted by Gasteiger charge is 2.58. The molecule has 0 radical (unpaired) electrons. The fraction of sp³-hybridized carbons (Fsp3) is 0.625. The predicted octanol–water partition coefficient (Wildman–Crippen LogP) is 1.99. The Balaban J connectivity index is 1.66. The standard InChI is InChI=1S/C16H23N3O/c1-12(13-3-7-17-8-4-13)19(2)15(20)14-11-16(14)5-9-18-10-6-16/h3-4,7-8,12,14,18H,5-6,9-11H2,1-2H3. The average molecular weight is 273 g/mol. The molecule has 1 saturated carbocycles. The number of aromatic nitrogens is 1. The van der Waals surface area contributed by atoms with Crippen LogP contribution < -0.4 is 5.32 Å². The molecule has 4 heteroatoms. The van der Waals surface area contributed by atoms with Crippen molar-refractivity contribution in [2.24, 2.45) is 11.3 Å². The van der Waals surface area contributed by atoms with E-state index in [-0.39, 0.29) is 12.0 Å². The molecule has 4 nitrogen and oxygen atoms in total. The molecule has 1 aliphatic carbocycles. The van der Waals surface area contributed by atoms with Gasteiger partial charge in [-0.25, -0.2) is 0 Å². The van der Waals surface area contributed by atoms with E-state index in [9.17, 15) is 4.79 Å². The summed E-state index contributed by atoms with van der Waals surface area (Å²) in [4.78, 5) is 18.6. The lowest BCUT2D eigenvalue weighted by atomic mass is 9.91. The van der Waals surface area contributed by atoms with Crippen LogP contribution in [0.15, 0.2) is 24.5 Å². The molecule has 1 N–H and O–H groups in total. The number of rotatable bonds is 3. The van der Waals surface area contributed by atoms with E-state index < -0.39 is 0 Å². The van der Waals surface area contributed by atoms with Crippen LogP contribution in [-0.2, 0) is 4.79 Å². The van der Waals surface area contributed by atoms with Crippen molar-refractivity contribution >= 4 is 5.91 Å². The van der Waals surface area contributed by atoms with Crippen molar-refractivity contribution in [3.8, 4) is 0 Å². The Morgan fingerprint density at radius 3 is 2.70 bits per heavy atom. The van der Waals surface area contributed by atoms with Crippen molar-refractivity contribution in [3.05, 3.63) is 30.1 Å². The Hall–Kier alpha value is -1.42. The Bertz CT molecular complexity index is 482. The number of carbonyl (C=O) groups excluding carboxylic acids is 1. The second-order valence-electron chi connectivity index (χ2n) is 6.27. The maximum absolute atomic E-state index is 12.7. The highest BCUT2D eigenvalue weighted by atomic mass is 16.2. The largest absolute Gasteiger partial charge is 0.339 e. The fourth-order valence-corrected chi connectivity index (χ4v) is 3.48. The molecular formula is C16H23N3O. The molecular weight excluding hydrogens is 250 g/mol. The number of amides is 1. The van der Waals surface area contributed by atoms with Gasteiger partial charge in [-0.15, -0.1) is 0 Å². The molecule has 1 aromatic heterocycles. The summed E-state index contributed by atoms with van der Waals surface area (Å²) in [6, 6.07) is 4.09. The molecule has 108 valence electrons. The van der Waals surface area contributed by atoms with Gasteiger partial charge in [0.15, 0.2) is 0 Å². The molecule has 1 spiro atoms. The third kappa shape index (κ3) is 2.33. The molecule has 2 fully saturated rings. The molecule has 0 bridgehead atoms. The molecule has 1 saturated heterocycles. The number of piperidine rings is 1. The van der Waals surface area contributed by atoms with E-state index in [1.54, 1.807) is 12.4 Å². The van der Waals surface area contributed by atoms with Crippen LogP contribution in [-0.4, -0.2) is 35.9 Å². The zero-order valence-corrected chi connectivity index (χ0v) is 12.3. The minimum atomic E-state index is 0.116. The number of pyridine rings is 1. The normalized spacial score (nSPS) is 25.2. The second kappa shape index (κ2) is 5.17. The Morgan fingerprint density at radius 2 is 2.05 bits per heavy atom. The van der Waals surface area contributed by atoms with Crippen LogP contribution in [0.4, 0.5) is 0 Å². The van der Waals surface area contributed by atoms with E-state index in [0.29, 0.717) is 11.3 Å². The number of nitrogens with zero attached hydrogens (tertiary/aromatic N) is 2. The molecule has 1 amide bonds. The summed E-state index contributed by atoms with van der Waals surface area (Å²) >= 11 is 0. The molecule has 1 aromatic rings. The van der Waals surface area contributed by atoms with E-state index in [0.717, 1.165) is 37.9 Å². The predicted molar refractivity (Wildman–Crippen MR) is 78.1 cm³/mol. The summed E-state index contributed by atoms with van der Waals surface area (Å²) in [5.41, 5.74) is 1.46. The quantitative estimate of drug-likeness (QED) is 0.916. The van der Waals surface area contributed by atoms with E-state index >= 15 is 0 Å². The van der Waals surface area contributed by atoms with Gasteiger partial charge >= 0.3 is 0 Å². The third-order valence-electron chi connectivity index (χ3n) is 5.20. The number of nitrogens with one attached hydrogen (secondary N) is 1. The highest BCUT2D eigenvalue weighted by Crippen LogP contribution is 2.59. The van der Waals surface area contributed by atoms with Gasteiger partial charge in [0.05, 0.1) is 6.04 Å². The fourth-order valence-electron chi connectivity index (χ4n) is 3.48. The van der Waals surface area contributed by atoms with Crippen molar-refractivity contribution in [3.63, 3.8) is 0 Å². The Kier molecular flexibility index (Phi) is 3.50. The number of hydrogen-bond donors (Lipinski definition) is 1. The second-order valence-corrected chi connectivity index (χ2v) is 6.27. The average Bonchev–Trinajstić information content (AvgIpc) is 3.19. The van der Waals surface area contributed by atoms with Gasteiger partial charge in [-0.3, -0.25) is 9.78 Å². The summed E-state index contributed by atoms with van der Waals surface area (Å²) < 4.78 is 0. The molecule has 2 unspecified atom stereocenters. The first kappa shape index (κ1) is 13.6. The lowest BCUT2D eigenvalue weighted by Crippen LogP contribution is -2.35. The minimum absolute atomic E-state index is 0.116. The molecule has 2 heterocycles. The lowest BCUT2D eigenvalue weighted by molar-refractivity contribution is -0.134. The van der Waals surface area contributed by atoms with Crippen LogP contribution in [0.5, 0.6) is 0 Å². The van der Waals surface area contributed by atoms with Gasteiger partial charge < -0.3 is 10.2 Å². The number of carbonyl (C=O) groups is 1. The molecule has 1 aliphatic heterocycles. The highest BCUT2D eigenvalue weighted by molar-refractivity contribution is 5.83. The van der Waals surface area contributed by atoms with Crippen molar-refractivity contribution in [1.29, 1.82) is 0 Å². The molecule has 0 aromatic carbocycles. The third-order valence-corrected chi connectivity index (χ3v) is 5.20. The summed E-state index contributed by atoms with van der Waals surface area (Å²) in [6.07, 6.45) is 6.97. The van der Waals surface area contributed by atoms with Gasteiger partial charge in [-0.1, -0.05) is 0 Å². The van der Waals surface area contributed by atoms with Crippen molar-refractivity contribution < 1.29 is 4.79 Å². The summed E-state index contributed by atoms with van der Waals surface area (Å²) in [5, 5.41) is 3.39. The Morgan fingerprint density at radius 1 is 1.40 bits per heavy atom. The number of hydrogen-bond acceptors (Lipinski definition) is 3. The molecule has 2 aliphatic rings. The van der Waals surface area contributed by atoms with Crippen molar-refractivity contribution in [2.75, 3.05) is 20.1 Å². The zero-order valence-electron chi connectivity index (χ0n) is 12.3. The lowest BCUT2D eigenvalue weighted by Gasteiger charge is -2.28. The molecule has 3 rings (SSSR count). The summed E-state index contributed by atoms with van der Waals surface area (Å²) in [7, 11) is 1.93.